The fraction of sp³-hybridized carbons (Fsp3) is 0.438. The van der Waals surface area contributed by atoms with Gasteiger partial charge in [-0.3, -0.25) is 4.79 Å². The maximum atomic E-state index is 12.5. The lowest BCUT2D eigenvalue weighted by molar-refractivity contribution is -0.137. The van der Waals surface area contributed by atoms with E-state index < -0.39 is 11.7 Å². The number of alkyl halides is 3. The van der Waals surface area contributed by atoms with Crippen molar-refractivity contribution in [1.29, 1.82) is 0 Å². The Hall–Kier alpha value is -1.78. The minimum Gasteiger partial charge on any atom is -0.493 e. The highest BCUT2D eigenvalue weighted by atomic mass is 19.4. The molecule has 0 aromatic heterocycles. The third-order valence-corrected chi connectivity index (χ3v) is 3.41. The van der Waals surface area contributed by atoms with E-state index in [9.17, 15) is 18.0 Å². The molecule has 1 aliphatic rings. The normalized spacial score (nSPS) is 19.4. The standard InChI is InChI=1S/C16H17F3O2/c17-16(18,19)13-5-3-6-15(11-13)21-9-2-1-4-12-7-8-14(20)10-12/h1,3-6,11-12H,2,7-10H2/b4-1+. The van der Waals surface area contributed by atoms with E-state index in [2.05, 4.69) is 0 Å². The molecule has 2 rings (SSSR count). The molecule has 1 aliphatic carbocycles. The average Bonchev–Trinajstić information content (AvgIpc) is 2.83. The topological polar surface area (TPSA) is 26.3 Å². The fourth-order valence-corrected chi connectivity index (χ4v) is 2.30. The Morgan fingerprint density at radius 1 is 1.33 bits per heavy atom. The minimum atomic E-state index is -4.35. The van der Waals surface area contributed by atoms with Crippen LogP contribution in [0.3, 0.4) is 0 Å². The summed E-state index contributed by atoms with van der Waals surface area (Å²) in [6, 6.07) is 4.86. The molecule has 0 amide bonds. The molecule has 0 heterocycles. The minimum absolute atomic E-state index is 0.217. The number of carbonyl (C=O) groups excluding carboxylic acids is 1. The first-order valence-electron chi connectivity index (χ1n) is 6.93. The van der Waals surface area contributed by atoms with Crippen molar-refractivity contribution in [2.45, 2.75) is 31.9 Å². The molecular weight excluding hydrogens is 281 g/mol. The summed E-state index contributed by atoms with van der Waals surface area (Å²) in [5.41, 5.74) is -0.708. The Morgan fingerprint density at radius 3 is 2.81 bits per heavy atom. The molecule has 0 N–H and O–H groups in total. The zero-order chi connectivity index (χ0) is 15.3. The fourth-order valence-electron chi connectivity index (χ4n) is 2.30. The number of ketones is 1. The van der Waals surface area contributed by atoms with Crippen LogP contribution in [0.2, 0.25) is 0 Å². The van der Waals surface area contributed by atoms with E-state index in [1.807, 2.05) is 12.2 Å². The Balaban J connectivity index is 1.76. The highest BCUT2D eigenvalue weighted by Crippen LogP contribution is 2.31. The van der Waals surface area contributed by atoms with Gasteiger partial charge >= 0.3 is 6.18 Å². The van der Waals surface area contributed by atoms with Gasteiger partial charge in [-0.05, 0) is 37.0 Å². The number of hydrogen-bond donors (Lipinski definition) is 0. The first kappa shape index (κ1) is 15.6. The first-order valence-corrected chi connectivity index (χ1v) is 6.93. The monoisotopic (exact) mass is 298 g/mol. The number of Topliss-reactive ketones (excluding diaryl/α,β-unsaturated/α-hetero) is 1. The number of carbonyl (C=O) groups is 1. The molecule has 0 bridgehead atoms. The SMILES string of the molecule is O=C1CCC(/C=C/CCOc2cccc(C(F)(F)F)c2)C1. The van der Waals surface area contributed by atoms with Crippen molar-refractivity contribution in [3.8, 4) is 5.75 Å². The van der Waals surface area contributed by atoms with Crippen molar-refractivity contribution < 1.29 is 22.7 Å². The number of ether oxygens (including phenoxy) is 1. The summed E-state index contributed by atoms with van der Waals surface area (Å²) in [5, 5.41) is 0. The van der Waals surface area contributed by atoms with Gasteiger partial charge in [0, 0.05) is 12.8 Å². The van der Waals surface area contributed by atoms with Gasteiger partial charge in [0.1, 0.15) is 11.5 Å². The van der Waals surface area contributed by atoms with Crippen LogP contribution < -0.4 is 4.74 Å². The molecule has 21 heavy (non-hydrogen) atoms. The van der Waals surface area contributed by atoms with Crippen molar-refractivity contribution in [3.63, 3.8) is 0 Å². The van der Waals surface area contributed by atoms with Gasteiger partial charge in [-0.1, -0.05) is 18.2 Å². The molecule has 1 atom stereocenters. The van der Waals surface area contributed by atoms with Crippen LogP contribution in [0.1, 0.15) is 31.2 Å². The number of allylic oxidation sites excluding steroid dienone is 1. The van der Waals surface area contributed by atoms with Gasteiger partial charge in [0.15, 0.2) is 0 Å². The van der Waals surface area contributed by atoms with Crippen LogP contribution in [-0.2, 0) is 11.0 Å². The van der Waals surface area contributed by atoms with Gasteiger partial charge in [-0.25, -0.2) is 0 Å². The van der Waals surface area contributed by atoms with Crippen LogP contribution in [0.5, 0.6) is 5.75 Å². The van der Waals surface area contributed by atoms with Gasteiger partial charge in [0.05, 0.1) is 12.2 Å². The summed E-state index contributed by atoms with van der Waals surface area (Å²) in [7, 11) is 0. The van der Waals surface area contributed by atoms with Crippen molar-refractivity contribution in [2.24, 2.45) is 5.92 Å². The van der Waals surface area contributed by atoms with E-state index in [1.165, 1.54) is 12.1 Å². The predicted molar refractivity (Wildman–Crippen MR) is 73.0 cm³/mol. The Kier molecular flexibility index (Phi) is 5.04. The Bertz CT molecular complexity index is 520. The van der Waals surface area contributed by atoms with Crippen LogP contribution in [0.25, 0.3) is 0 Å². The number of rotatable bonds is 5. The Labute approximate surface area is 121 Å². The molecule has 0 radical (unpaired) electrons. The molecule has 0 spiro atoms. The zero-order valence-corrected chi connectivity index (χ0v) is 11.5. The van der Waals surface area contributed by atoms with Gasteiger partial charge in [-0.2, -0.15) is 13.2 Å². The molecule has 5 heteroatoms. The van der Waals surface area contributed by atoms with Crippen molar-refractivity contribution in [3.05, 3.63) is 42.0 Å². The van der Waals surface area contributed by atoms with E-state index in [0.717, 1.165) is 18.6 Å². The van der Waals surface area contributed by atoms with Crippen molar-refractivity contribution >= 4 is 5.78 Å². The van der Waals surface area contributed by atoms with Crippen LogP contribution >= 0.6 is 0 Å². The summed E-state index contributed by atoms with van der Waals surface area (Å²) < 4.78 is 42.9. The molecule has 1 aromatic rings. The summed E-state index contributed by atoms with van der Waals surface area (Å²) in [5.74, 6) is 0.824. The second kappa shape index (κ2) is 6.78. The third kappa shape index (κ3) is 4.92. The summed E-state index contributed by atoms with van der Waals surface area (Å²) in [6.07, 6.45) is 2.33. The van der Waals surface area contributed by atoms with E-state index in [1.54, 1.807) is 0 Å². The molecule has 1 saturated carbocycles. The van der Waals surface area contributed by atoms with Gasteiger partial charge in [0.2, 0.25) is 0 Å². The van der Waals surface area contributed by atoms with Crippen LogP contribution in [0, 0.1) is 5.92 Å². The molecule has 1 unspecified atom stereocenters. The van der Waals surface area contributed by atoms with E-state index in [4.69, 9.17) is 4.74 Å². The number of halogens is 3. The van der Waals surface area contributed by atoms with E-state index in [-0.39, 0.29) is 5.75 Å². The molecule has 0 saturated heterocycles. The lowest BCUT2D eigenvalue weighted by Gasteiger charge is -2.09. The molecule has 114 valence electrons. The summed E-state index contributed by atoms with van der Waals surface area (Å²) >= 11 is 0. The van der Waals surface area contributed by atoms with Crippen LogP contribution in [-0.4, -0.2) is 12.4 Å². The highest BCUT2D eigenvalue weighted by molar-refractivity contribution is 5.80. The third-order valence-electron chi connectivity index (χ3n) is 3.41. The van der Waals surface area contributed by atoms with Crippen molar-refractivity contribution in [2.75, 3.05) is 6.61 Å². The van der Waals surface area contributed by atoms with Crippen molar-refractivity contribution in [1.82, 2.24) is 0 Å². The average molecular weight is 298 g/mol. The van der Waals surface area contributed by atoms with Gasteiger partial charge < -0.3 is 4.74 Å². The number of benzene rings is 1. The molecule has 1 aromatic carbocycles. The molecular formula is C16H17F3O2. The summed E-state index contributed by atoms with van der Waals surface area (Å²) in [4.78, 5) is 11.1. The van der Waals surface area contributed by atoms with Crippen LogP contribution in [0.15, 0.2) is 36.4 Å². The van der Waals surface area contributed by atoms with E-state index >= 15 is 0 Å². The molecule has 0 aliphatic heterocycles. The van der Waals surface area contributed by atoms with Crippen LogP contribution in [0.4, 0.5) is 13.2 Å². The smallest absolute Gasteiger partial charge is 0.416 e. The molecule has 1 fully saturated rings. The number of hydrogen-bond acceptors (Lipinski definition) is 2. The Morgan fingerprint density at radius 2 is 2.14 bits per heavy atom. The maximum Gasteiger partial charge on any atom is 0.416 e. The second-order valence-corrected chi connectivity index (χ2v) is 5.13. The second-order valence-electron chi connectivity index (χ2n) is 5.13. The van der Waals surface area contributed by atoms with Gasteiger partial charge in [-0.15, -0.1) is 0 Å². The lowest BCUT2D eigenvalue weighted by Crippen LogP contribution is -2.05. The van der Waals surface area contributed by atoms with Gasteiger partial charge in [0.25, 0.3) is 0 Å². The zero-order valence-electron chi connectivity index (χ0n) is 11.5. The quantitative estimate of drug-likeness (QED) is 0.595. The predicted octanol–water partition coefficient (Wildman–Crippen LogP) is 4.40. The lowest BCUT2D eigenvalue weighted by atomic mass is 10.1. The maximum absolute atomic E-state index is 12.5. The molecule has 2 nitrogen and oxygen atoms in total. The van der Waals surface area contributed by atoms with E-state index in [0.29, 0.717) is 37.6 Å². The largest absolute Gasteiger partial charge is 0.493 e. The highest BCUT2D eigenvalue weighted by Gasteiger charge is 2.30. The summed E-state index contributed by atoms with van der Waals surface area (Å²) in [6.45, 7) is 0.318. The first-order chi connectivity index (χ1) is 9.95.